The monoisotopic (exact) mass is 202 g/mol. The summed E-state index contributed by atoms with van der Waals surface area (Å²) in [7, 11) is 0. The molecular formula is C11H10N2S. The molecule has 0 bridgehead atoms. The molecule has 2 rings (SSSR count). The van der Waals surface area contributed by atoms with E-state index < -0.39 is 0 Å². The van der Waals surface area contributed by atoms with Crippen molar-refractivity contribution in [3.05, 3.63) is 28.9 Å². The van der Waals surface area contributed by atoms with Gasteiger partial charge < -0.3 is 5.41 Å². The number of nitrogens with zero attached hydrogens (tertiary/aromatic N) is 1. The molecule has 0 radical (unpaired) electrons. The van der Waals surface area contributed by atoms with Gasteiger partial charge in [-0.05, 0) is 19.2 Å². The summed E-state index contributed by atoms with van der Waals surface area (Å²) in [6.07, 6.45) is 9.06. The Balaban J connectivity index is 0.000000461. The first-order valence-electron chi connectivity index (χ1n) is 3.96. The number of fused-ring (bicyclic) bond motifs is 1. The summed E-state index contributed by atoms with van der Waals surface area (Å²) in [6.45, 7) is 4.53. The van der Waals surface area contributed by atoms with Crippen LogP contribution in [-0.2, 0) is 0 Å². The lowest BCUT2D eigenvalue weighted by molar-refractivity contribution is 1.32. The first-order chi connectivity index (χ1) is 6.83. The second-order valence-corrected chi connectivity index (χ2v) is 3.53. The predicted octanol–water partition coefficient (Wildman–Crippen LogP) is 2.85. The van der Waals surface area contributed by atoms with Crippen LogP contribution in [0.1, 0.15) is 11.1 Å². The molecule has 0 amide bonds. The third kappa shape index (κ3) is 1.66. The smallest absolute Gasteiger partial charge is 0.0541 e. The van der Waals surface area contributed by atoms with Gasteiger partial charge in [0, 0.05) is 28.7 Å². The third-order valence-electron chi connectivity index (χ3n) is 1.83. The molecule has 0 aromatic carbocycles. The van der Waals surface area contributed by atoms with Crippen molar-refractivity contribution in [3.63, 3.8) is 0 Å². The molecule has 0 atom stereocenters. The van der Waals surface area contributed by atoms with E-state index in [-0.39, 0.29) is 0 Å². The van der Waals surface area contributed by atoms with Gasteiger partial charge in [0.25, 0.3) is 0 Å². The van der Waals surface area contributed by atoms with Crippen LogP contribution in [0.4, 0.5) is 0 Å². The van der Waals surface area contributed by atoms with E-state index in [1.807, 2.05) is 24.7 Å². The average Bonchev–Trinajstić information content (AvgIpc) is 2.65. The Morgan fingerprint density at radius 2 is 2.21 bits per heavy atom. The van der Waals surface area contributed by atoms with E-state index in [4.69, 9.17) is 11.8 Å². The molecule has 2 heterocycles. The average molecular weight is 202 g/mol. The summed E-state index contributed by atoms with van der Waals surface area (Å²) in [5.74, 6) is 2.67. The molecule has 3 heteroatoms. The molecule has 0 saturated carbocycles. The maximum absolute atomic E-state index is 5.50. The quantitative estimate of drug-likeness (QED) is 0.517. The lowest BCUT2D eigenvalue weighted by Gasteiger charge is -1.94. The van der Waals surface area contributed by atoms with Gasteiger partial charge in [-0.2, -0.15) is 0 Å². The molecule has 0 aliphatic carbocycles. The molecule has 0 aliphatic rings. The maximum Gasteiger partial charge on any atom is 0.0541 e. The molecule has 0 spiro atoms. The summed E-state index contributed by atoms with van der Waals surface area (Å²) >= 11 is 1.65. The Hall–Kier alpha value is -1.66. The van der Waals surface area contributed by atoms with Gasteiger partial charge in [0.1, 0.15) is 0 Å². The summed E-state index contributed by atoms with van der Waals surface area (Å²) in [6, 6.07) is 0. The molecule has 1 N–H and O–H groups in total. The van der Waals surface area contributed by atoms with Gasteiger partial charge in [-0.1, -0.05) is 5.92 Å². The van der Waals surface area contributed by atoms with Crippen LogP contribution in [0, 0.1) is 24.7 Å². The van der Waals surface area contributed by atoms with E-state index >= 15 is 0 Å². The van der Waals surface area contributed by atoms with Crippen molar-refractivity contribution >= 4 is 28.1 Å². The van der Waals surface area contributed by atoms with Crippen LogP contribution in [0.5, 0.6) is 0 Å². The Kier molecular flexibility index (Phi) is 3.38. The number of aromatic nitrogens is 1. The topological polar surface area (TPSA) is 36.7 Å². The van der Waals surface area contributed by atoms with Crippen LogP contribution in [0.3, 0.4) is 0 Å². The minimum absolute atomic E-state index is 0.981. The van der Waals surface area contributed by atoms with E-state index in [1.54, 1.807) is 11.3 Å². The van der Waals surface area contributed by atoms with Crippen molar-refractivity contribution in [2.24, 2.45) is 0 Å². The largest absolute Gasteiger partial charge is 0.317 e. The van der Waals surface area contributed by atoms with Crippen molar-refractivity contribution in [1.82, 2.24) is 4.98 Å². The SMILES string of the molecule is C#Cc1csc2cncc(C)c12.C=N. The molecule has 14 heavy (non-hydrogen) atoms. The molecule has 0 unspecified atom stereocenters. The number of nitrogens with one attached hydrogen (secondary N) is 1. The standard InChI is InChI=1S/C10H7NS.CH3N/c1-3-8-6-12-9-5-11-4-7(2)10(8)9;1-2/h1,4-6H,2H3;2H,1H2. The second-order valence-electron chi connectivity index (χ2n) is 2.62. The number of hydrogen-bond donors (Lipinski definition) is 1. The zero-order chi connectivity index (χ0) is 10.6. The number of terminal acetylenes is 1. The van der Waals surface area contributed by atoms with Crippen LogP contribution < -0.4 is 0 Å². The number of hydrogen-bond acceptors (Lipinski definition) is 3. The van der Waals surface area contributed by atoms with Gasteiger partial charge in [-0.15, -0.1) is 17.8 Å². The van der Waals surface area contributed by atoms with Crippen LogP contribution >= 0.6 is 11.3 Å². The first kappa shape index (κ1) is 10.4. The number of aryl methyl sites for hydroxylation is 1. The van der Waals surface area contributed by atoms with E-state index in [0.717, 1.165) is 11.1 Å². The Morgan fingerprint density at radius 1 is 1.50 bits per heavy atom. The fourth-order valence-electron chi connectivity index (χ4n) is 1.26. The molecule has 2 aromatic rings. The molecule has 2 nitrogen and oxygen atoms in total. The predicted molar refractivity (Wildman–Crippen MR) is 62.1 cm³/mol. The minimum Gasteiger partial charge on any atom is -0.317 e. The number of rotatable bonds is 0. The summed E-state index contributed by atoms with van der Waals surface area (Å²) in [5.41, 5.74) is 2.14. The first-order valence-corrected chi connectivity index (χ1v) is 4.84. The van der Waals surface area contributed by atoms with E-state index in [2.05, 4.69) is 17.6 Å². The molecule has 2 aromatic heterocycles. The van der Waals surface area contributed by atoms with Gasteiger partial charge in [-0.25, -0.2) is 0 Å². The van der Waals surface area contributed by atoms with Gasteiger partial charge in [0.15, 0.2) is 0 Å². The molecule has 0 fully saturated rings. The second kappa shape index (κ2) is 4.54. The van der Waals surface area contributed by atoms with Crippen LogP contribution in [0.2, 0.25) is 0 Å². The Morgan fingerprint density at radius 3 is 2.86 bits per heavy atom. The van der Waals surface area contributed by atoms with E-state index in [1.165, 1.54) is 10.1 Å². The van der Waals surface area contributed by atoms with Gasteiger partial charge in [-0.3, -0.25) is 4.98 Å². The highest BCUT2D eigenvalue weighted by Gasteiger charge is 2.03. The van der Waals surface area contributed by atoms with E-state index in [0.29, 0.717) is 0 Å². The van der Waals surface area contributed by atoms with Gasteiger partial charge >= 0.3 is 0 Å². The van der Waals surface area contributed by atoms with Crippen LogP contribution in [0.25, 0.3) is 10.1 Å². The zero-order valence-electron chi connectivity index (χ0n) is 7.87. The number of thiophene rings is 1. The van der Waals surface area contributed by atoms with E-state index in [9.17, 15) is 0 Å². The normalized spacial score (nSPS) is 8.86. The molecular weight excluding hydrogens is 192 g/mol. The van der Waals surface area contributed by atoms with Crippen LogP contribution in [-0.4, -0.2) is 11.7 Å². The number of pyridine rings is 1. The maximum atomic E-state index is 5.50. The third-order valence-corrected chi connectivity index (χ3v) is 2.75. The highest BCUT2D eigenvalue weighted by molar-refractivity contribution is 7.17. The van der Waals surface area contributed by atoms with Crippen molar-refractivity contribution in [2.45, 2.75) is 6.92 Å². The van der Waals surface area contributed by atoms with Gasteiger partial charge in [0.2, 0.25) is 0 Å². The lowest BCUT2D eigenvalue weighted by Crippen LogP contribution is -1.78. The van der Waals surface area contributed by atoms with Crippen LogP contribution in [0.15, 0.2) is 17.8 Å². The summed E-state index contributed by atoms with van der Waals surface area (Å²) in [4.78, 5) is 4.10. The molecule has 0 saturated heterocycles. The van der Waals surface area contributed by atoms with Gasteiger partial charge in [0.05, 0.1) is 4.70 Å². The highest BCUT2D eigenvalue weighted by Crippen LogP contribution is 2.26. The summed E-state index contributed by atoms with van der Waals surface area (Å²) < 4.78 is 1.17. The molecule has 70 valence electrons. The minimum atomic E-state index is 0.981. The summed E-state index contributed by atoms with van der Waals surface area (Å²) in [5, 5.41) is 8.68. The van der Waals surface area contributed by atoms with Crippen molar-refractivity contribution in [1.29, 1.82) is 5.41 Å². The zero-order valence-corrected chi connectivity index (χ0v) is 8.69. The Bertz CT molecular complexity index is 479. The fraction of sp³-hybridized carbons (Fsp3) is 0.0909. The van der Waals surface area contributed by atoms with Crippen molar-refractivity contribution in [3.8, 4) is 12.3 Å². The highest BCUT2D eigenvalue weighted by atomic mass is 32.1. The Labute approximate surface area is 87.1 Å². The van der Waals surface area contributed by atoms with Crippen molar-refractivity contribution in [2.75, 3.05) is 0 Å². The fourth-order valence-corrected chi connectivity index (χ4v) is 2.20. The molecule has 0 aliphatic heterocycles. The lowest BCUT2D eigenvalue weighted by atomic mass is 10.1. The van der Waals surface area contributed by atoms with Crippen molar-refractivity contribution < 1.29 is 0 Å².